The second kappa shape index (κ2) is 4.66. The number of aryl methyl sites for hydroxylation is 1. The average molecular weight is 219 g/mol. The summed E-state index contributed by atoms with van der Waals surface area (Å²) >= 11 is 0. The molecule has 1 fully saturated rings. The van der Waals surface area contributed by atoms with Crippen LogP contribution in [0.2, 0.25) is 0 Å². The van der Waals surface area contributed by atoms with Gasteiger partial charge in [-0.1, -0.05) is 29.8 Å². The van der Waals surface area contributed by atoms with Crippen LogP contribution in [0, 0.1) is 6.92 Å². The van der Waals surface area contributed by atoms with E-state index in [0.717, 1.165) is 19.4 Å². The van der Waals surface area contributed by atoms with E-state index in [9.17, 15) is 4.79 Å². The van der Waals surface area contributed by atoms with Crippen molar-refractivity contribution < 1.29 is 9.90 Å². The van der Waals surface area contributed by atoms with E-state index in [1.807, 2.05) is 4.90 Å². The number of carboxylic acids is 1. The summed E-state index contributed by atoms with van der Waals surface area (Å²) in [5.41, 5.74) is 2.48. The number of benzene rings is 1. The van der Waals surface area contributed by atoms with Gasteiger partial charge >= 0.3 is 5.97 Å². The van der Waals surface area contributed by atoms with Crippen LogP contribution in [0.15, 0.2) is 24.3 Å². The first-order valence-electron chi connectivity index (χ1n) is 5.69. The van der Waals surface area contributed by atoms with Crippen LogP contribution in [0.4, 0.5) is 0 Å². The van der Waals surface area contributed by atoms with Crippen molar-refractivity contribution >= 4 is 5.97 Å². The van der Waals surface area contributed by atoms with Crippen molar-refractivity contribution in [2.75, 3.05) is 13.1 Å². The maximum absolute atomic E-state index is 10.7. The average Bonchev–Trinajstić information content (AvgIpc) is 2.66. The summed E-state index contributed by atoms with van der Waals surface area (Å²) in [6, 6.07) is 8.69. The third-order valence-electron chi connectivity index (χ3n) is 3.16. The Balaban J connectivity index is 2.13. The molecule has 0 saturated carbocycles. The van der Waals surface area contributed by atoms with Gasteiger partial charge in [0.1, 0.15) is 0 Å². The van der Waals surface area contributed by atoms with E-state index in [0.29, 0.717) is 0 Å². The molecule has 86 valence electrons. The molecule has 0 aromatic heterocycles. The molecular formula is C13H17NO2. The van der Waals surface area contributed by atoms with Crippen LogP contribution in [0.1, 0.15) is 30.0 Å². The first-order valence-corrected chi connectivity index (χ1v) is 5.69. The second-order valence-corrected chi connectivity index (χ2v) is 4.43. The number of rotatable bonds is 3. The van der Waals surface area contributed by atoms with Crippen LogP contribution < -0.4 is 0 Å². The summed E-state index contributed by atoms with van der Waals surface area (Å²) in [6.45, 7) is 3.11. The van der Waals surface area contributed by atoms with Crippen molar-refractivity contribution in [3.8, 4) is 0 Å². The SMILES string of the molecule is Cc1ccc(C2CCCN2CC(=O)O)cc1. The fraction of sp³-hybridized carbons (Fsp3) is 0.462. The number of likely N-dealkylation sites (tertiary alicyclic amines) is 1. The molecule has 1 aliphatic heterocycles. The van der Waals surface area contributed by atoms with Gasteiger partial charge in [0, 0.05) is 6.04 Å². The lowest BCUT2D eigenvalue weighted by Crippen LogP contribution is -2.29. The Kier molecular flexibility index (Phi) is 3.25. The Morgan fingerprint density at radius 1 is 1.44 bits per heavy atom. The molecule has 0 radical (unpaired) electrons. The molecule has 0 aliphatic carbocycles. The molecule has 1 heterocycles. The van der Waals surface area contributed by atoms with Gasteiger partial charge < -0.3 is 5.11 Å². The van der Waals surface area contributed by atoms with Gasteiger partial charge in [0.25, 0.3) is 0 Å². The molecule has 1 atom stereocenters. The first-order chi connectivity index (χ1) is 7.66. The van der Waals surface area contributed by atoms with Crippen LogP contribution in [0.25, 0.3) is 0 Å². The molecule has 1 unspecified atom stereocenters. The third kappa shape index (κ3) is 2.42. The van der Waals surface area contributed by atoms with Crippen LogP contribution in [-0.2, 0) is 4.79 Å². The van der Waals surface area contributed by atoms with E-state index < -0.39 is 5.97 Å². The smallest absolute Gasteiger partial charge is 0.317 e. The van der Waals surface area contributed by atoms with Crippen molar-refractivity contribution in [3.63, 3.8) is 0 Å². The minimum atomic E-state index is -0.737. The van der Waals surface area contributed by atoms with Crippen molar-refractivity contribution in [2.45, 2.75) is 25.8 Å². The van der Waals surface area contributed by atoms with Gasteiger partial charge in [-0.15, -0.1) is 0 Å². The lowest BCUT2D eigenvalue weighted by Gasteiger charge is -2.22. The molecule has 3 nitrogen and oxygen atoms in total. The van der Waals surface area contributed by atoms with Gasteiger partial charge in [-0.3, -0.25) is 9.69 Å². The van der Waals surface area contributed by atoms with E-state index in [4.69, 9.17) is 5.11 Å². The van der Waals surface area contributed by atoms with Gasteiger partial charge in [0.15, 0.2) is 0 Å². The normalized spacial score (nSPS) is 21.2. The second-order valence-electron chi connectivity index (χ2n) is 4.43. The zero-order chi connectivity index (χ0) is 11.5. The molecule has 0 bridgehead atoms. The van der Waals surface area contributed by atoms with Gasteiger partial charge in [-0.05, 0) is 31.9 Å². The molecule has 1 aromatic rings. The molecule has 1 aliphatic rings. The lowest BCUT2D eigenvalue weighted by atomic mass is 10.0. The predicted octanol–water partition coefficient (Wildman–Crippen LogP) is 2.22. The van der Waals surface area contributed by atoms with Crippen LogP contribution in [0.5, 0.6) is 0 Å². The zero-order valence-corrected chi connectivity index (χ0v) is 9.52. The topological polar surface area (TPSA) is 40.5 Å². The van der Waals surface area contributed by atoms with Crippen LogP contribution >= 0.6 is 0 Å². The number of nitrogens with zero attached hydrogens (tertiary/aromatic N) is 1. The largest absolute Gasteiger partial charge is 0.480 e. The standard InChI is InChI=1S/C13H17NO2/c1-10-4-6-11(7-5-10)12-3-2-8-14(12)9-13(15)16/h4-7,12H,2-3,8-9H2,1H3,(H,15,16). The summed E-state index contributed by atoms with van der Waals surface area (Å²) in [7, 11) is 0. The molecule has 3 heteroatoms. The van der Waals surface area contributed by atoms with Crippen molar-refractivity contribution in [1.82, 2.24) is 4.90 Å². The van der Waals surface area contributed by atoms with E-state index in [1.54, 1.807) is 0 Å². The predicted molar refractivity (Wildman–Crippen MR) is 62.4 cm³/mol. The highest BCUT2D eigenvalue weighted by Crippen LogP contribution is 2.31. The summed E-state index contributed by atoms with van der Waals surface area (Å²) in [5.74, 6) is -0.737. The first kappa shape index (κ1) is 11.1. The summed E-state index contributed by atoms with van der Waals surface area (Å²) in [6.07, 6.45) is 2.15. The van der Waals surface area contributed by atoms with E-state index >= 15 is 0 Å². The number of hydrogen-bond donors (Lipinski definition) is 1. The highest BCUT2D eigenvalue weighted by atomic mass is 16.4. The maximum Gasteiger partial charge on any atom is 0.317 e. The maximum atomic E-state index is 10.7. The van der Waals surface area contributed by atoms with Crippen molar-refractivity contribution in [1.29, 1.82) is 0 Å². The van der Waals surface area contributed by atoms with Crippen LogP contribution in [0.3, 0.4) is 0 Å². The Morgan fingerprint density at radius 2 is 2.12 bits per heavy atom. The molecular weight excluding hydrogens is 202 g/mol. The Bertz CT molecular complexity index is 372. The van der Waals surface area contributed by atoms with Gasteiger partial charge in [-0.2, -0.15) is 0 Å². The third-order valence-corrected chi connectivity index (χ3v) is 3.16. The Morgan fingerprint density at radius 3 is 2.75 bits per heavy atom. The molecule has 1 N–H and O–H groups in total. The number of carbonyl (C=O) groups is 1. The fourth-order valence-corrected chi connectivity index (χ4v) is 2.36. The summed E-state index contributed by atoms with van der Waals surface area (Å²) in [4.78, 5) is 12.8. The summed E-state index contributed by atoms with van der Waals surface area (Å²) < 4.78 is 0. The quantitative estimate of drug-likeness (QED) is 0.847. The zero-order valence-electron chi connectivity index (χ0n) is 9.52. The molecule has 0 amide bonds. The fourth-order valence-electron chi connectivity index (χ4n) is 2.36. The van der Waals surface area contributed by atoms with E-state index in [1.165, 1.54) is 11.1 Å². The van der Waals surface area contributed by atoms with Crippen LogP contribution in [-0.4, -0.2) is 29.1 Å². The summed E-state index contributed by atoms with van der Waals surface area (Å²) in [5, 5.41) is 8.84. The lowest BCUT2D eigenvalue weighted by molar-refractivity contribution is -0.138. The Hall–Kier alpha value is -1.35. The molecule has 1 saturated heterocycles. The van der Waals surface area contributed by atoms with Crippen molar-refractivity contribution in [2.24, 2.45) is 0 Å². The highest BCUT2D eigenvalue weighted by Gasteiger charge is 2.27. The van der Waals surface area contributed by atoms with E-state index in [2.05, 4.69) is 31.2 Å². The molecule has 1 aromatic carbocycles. The minimum Gasteiger partial charge on any atom is -0.480 e. The molecule has 16 heavy (non-hydrogen) atoms. The molecule has 2 rings (SSSR count). The number of aliphatic carboxylic acids is 1. The highest BCUT2D eigenvalue weighted by molar-refractivity contribution is 5.69. The van der Waals surface area contributed by atoms with Gasteiger partial charge in [-0.25, -0.2) is 0 Å². The Labute approximate surface area is 95.7 Å². The number of carboxylic acid groups (broad SMARTS) is 1. The van der Waals surface area contributed by atoms with Gasteiger partial charge in [0.2, 0.25) is 0 Å². The molecule has 0 spiro atoms. The number of hydrogen-bond acceptors (Lipinski definition) is 2. The van der Waals surface area contributed by atoms with Gasteiger partial charge in [0.05, 0.1) is 6.54 Å². The van der Waals surface area contributed by atoms with E-state index in [-0.39, 0.29) is 12.6 Å². The minimum absolute atomic E-state index is 0.151. The van der Waals surface area contributed by atoms with Crippen molar-refractivity contribution in [3.05, 3.63) is 35.4 Å². The monoisotopic (exact) mass is 219 g/mol.